The minimum Gasteiger partial charge on any atom is -0.481 e. The van der Waals surface area contributed by atoms with Crippen molar-refractivity contribution in [3.8, 4) is 6.07 Å². The third-order valence-corrected chi connectivity index (χ3v) is 7.42. The molecular weight excluding hydrogens is 298 g/mol. The fourth-order valence-corrected chi connectivity index (χ4v) is 6.45. The number of fused-ring (bicyclic) bond motifs is 1. The average molecular weight is 332 g/mol. The van der Waals surface area contributed by atoms with E-state index >= 15 is 0 Å². The molecule has 134 valence electrons. The number of hydrogen-bond donors (Lipinski definition) is 1. The smallest absolute Gasteiger partial charge is 0.306 e. The summed E-state index contributed by atoms with van der Waals surface area (Å²) in [6.07, 6.45) is 13.0. The van der Waals surface area contributed by atoms with Crippen molar-refractivity contribution in [3.05, 3.63) is 0 Å². The van der Waals surface area contributed by atoms with Crippen LogP contribution in [0.1, 0.15) is 77.6 Å². The summed E-state index contributed by atoms with van der Waals surface area (Å²) in [5.41, 5.74) is 0. The lowest BCUT2D eigenvalue weighted by atomic mass is 9.52. The molecule has 0 heterocycles. The van der Waals surface area contributed by atoms with Gasteiger partial charge < -0.3 is 5.11 Å². The molecule has 24 heavy (non-hydrogen) atoms. The summed E-state index contributed by atoms with van der Waals surface area (Å²) >= 11 is 0. The Bertz CT molecular complexity index is 477. The predicted octanol–water partition coefficient (Wildman–Crippen LogP) is 5.26. The first-order chi connectivity index (χ1) is 11.7. The Morgan fingerprint density at radius 2 is 1.83 bits per heavy atom. The minimum absolute atomic E-state index is 0.0319. The molecule has 0 saturated heterocycles. The van der Waals surface area contributed by atoms with Crippen LogP contribution in [0.15, 0.2) is 0 Å². The van der Waals surface area contributed by atoms with Crippen LogP contribution in [0.4, 0.5) is 0 Å². The fraction of sp³-hybridized carbons (Fsp3) is 0.905. The molecule has 3 rings (SSSR count). The highest BCUT2D eigenvalue weighted by molar-refractivity contribution is 5.70. The van der Waals surface area contributed by atoms with Crippen LogP contribution in [0.25, 0.3) is 0 Å². The van der Waals surface area contributed by atoms with Crippen molar-refractivity contribution < 1.29 is 9.90 Å². The van der Waals surface area contributed by atoms with Crippen molar-refractivity contribution in [2.24, 2.45) is 41.4 Å². The highest BCUT2D eigenvalue weighted by Crippen LogP contribution is 2.55. The molecule has 3 heteroatoms. The third kappa shape index (κ3) is 3.48. The summed E-state index contributed by atoms with van der Waals surface area (Å²) in [5.74, 6) is 1.69. The maximum absolute atomic E-state index is 12.0. The summed E-state index contributed by atoms with van der Waals surface area (Å²) in [6, 6.07) is 2.51. The van der Waals surface area contributed by atoms with Crippen LogP contribution in [0.3, 0.4) is 0 Å². The van der Waals surface area contributed by atoms with Crippen LogP contribution in [-0.4, -0.2) is 11.1 Å². The number of carbonyl (C=O) groups is 1. The number of carboxylic acid groups (broad SMARTS) is 1. The summed E-state index contributed by atoms with van der Waals surface area (Å²) in [7, 11) is 0. The van der Waals surface area contributed by atoms with Crippen LogP contribution in [0.5, 0.6) is 0 Å². The number of aliphatic carboxylic acids is 1. The molecule has 3 aliphatic rings. The van der Waals surface area contributed by atoms with Crippen molar-refractivity contribution >= 4 is 5.97 Å². The zero-order chi connectivity index (χ0) is 17.1. The zero-order valence-electron chi connectivity index (χ0n) is 15.1. The van der Waals surface area contributed by atoms with E-state index < -0.39 is 5.97 Å². The molecular formula is C21H33NO2. The van der Waals surface area contributed by atoms with Gasteiger partial charge in [0.05, 0.1) is 17.9 Å². The summed E-state index contributed by atoms with van der Waals surface area (Å²) < 4.78 is 0. The fourth-order valence-electron chi connectivity index (χ4n) is 6.45. The highest BCUT2D eigenvalue weighted by atomic mass is 16.4. The average Bonchev–Trinajstić information content (AvgIpc) is 2.61. The number of rotatable bonds is 4. The van der Waals surface area contributed by atoms with Crippen LogP contribution in [0, 0.1) is 52.8 Å². The van der Waals surface area contributed by atoms with E-state index in [-0.39, 0.29) is 11.8 Å². The van der Waals surface area contributed by atoms with Gasteiger partial charge in [-0.1, -0.05) is 58.3 Å². The van der Waals surface area contributed by atoms with E-state index in [9.17, 15) is 15.2 Å². The Hall–Kier alpha value is -1.04. The van der Waals surface area contributed by atoms with Gasteiger partial charge in [-0.2, -0.15) is 5.26 Å². The first kappa shape index (κ1) is 17.8. The molecule has 6 unspecified atom stereocenters. The lowest BCUT2D eigenvalue weighted by Gasteiger charge is -2.51. The molecule has 0 aliphatic heterocycles. The van der Waals surface area contributed by atoms with Crippen molar-refractivity contribution in [2.75, 3.05) is 0 Å². The molecule has 0 amide bonds. The molecule has 6 atom stereocenters. The van der Waals surface area contributed by atoms with Crippen LogP contribution in [-0.2, 0) is 4.79 Å². The van der Waals surface area contributed by atoms with Gasteiger partial charge >= 0.3 is 5.97 Å². The molecule has 0 radical (unpaired) electrons. The molecule has 0 bridgehead atoms. The van der Waals surface area contributed by atoms with Gasteiger partial charge in [0.15, 0.2) is 0 Å². The van der Waals surface area contributed by atoms with Crippen LogP contribution >= 0.6 is 0 Å². The minimum atomic E-state index is -0.639. The summed E-state index contributed by atoms with van der Waals surface area (Å²) in [5, 5.41) is 19.6. The standard InChI is InChI=1S/C21H33NO2/c1-2-6-14-9-10-17-18(11-14)16(13-22)12-19(21(23)24)20(17)15-7-4-3-5-8-15/h14-20H,2-12H2,1H3,(H,23,24). The van der Waals surface area contributed by atoms with Crippen LogP contribution < -0.4 is 0 Å². The van der Waals surface area contributed by atoms with E-state index in [0.29, 0.717) is 30.1 Å². The molecule has 0 aromatic rings. The first-order valence-corrected chi connectivity index (χ1v) is 10.3. The quantitative estimate of drug-likeness (QED) is 0.764. The lowest BCUT2D eigenvalue weighted by Crippen LogP contribution is -2.48. The van der Waals surface area contributed by atoms with Gasteiger partial charge in [0.2, 0.25) is 0 Å². The van der Waals surface area contributed by atoms with Crippen molar-refractivity contribution in [1.82, 2.24) is 0 Å². The molecule has 3 aliphatic carbocycles. The van der Waals surface area contributed by atoms with E-state index in [1.54, 1.807) is 0 Å². The van der Waals surface area contributed by atoms with E-state index in [1.807, 2.05) is 0 Å². The Balaban J connectivity index is 1.84. The van der Waals surface area contributed by atoms with E-state index in [4.69, 9.17) is 0 Å². The van der Waals surface area contributed by atoms with Gasteiger partial charge in [0, 0.05) is 0 Å². The molecule has 3 saturated carbocycles. The van der Waals surface area contributed by atoms with Gasteiger partial charge in [0.25, 0.3) is 0 Å². The second kappa shape index (κ2) is 7.89. The lowest BCUT2D eigenvalue weighted by molar-refractivity contribution is -0.152. The maximum atomic E-state index is 12.0. The highest BCUT2D eigenvalue weighted by Gasteiger charge is 2.51. The van der Waals surface area contributed by atoms with E-state index in [0.717, 1.165) is 5.92 Å². The summed E-state index contributed by atoms with van der Waals surface area (Å²) in [6.45, 7) is 2.25. The number of nitrogens with zero attached hydrogens (tertiary/aromatic N) is 1. The Morgan fingerprint density at radius 3 is 2.46 bits per heavy atom. The first-order valence-electron chi connectivity index (χ1n) is 10.3. The zero-order valence-corrected chi connectivity index (χ0v) is 15.1. The van der Waals surface area contributed by atoms with Crippen molar-refractivity contribution in [2.45, 2.75) is 77.6 Å². The second-order valence-electron chi connectivity index (χ2n) is 8.69. The van der Waals surface area contributed by atoms with E-state index in [2.05, 4.69) is 13.0 Å². The number of hydrogen-bond acceptors (Lipinski definition) is 2. The molecule has 0 spiro atoms. The van der Waals surface area contributed by atoms with E-state index in [1.165, 1.54) is 64.2 Å². The normalized spacial score (nSPS) is 40.5. The summed E-state index contributed by atoms with van der Waals surface area (Å²) in [4.78, 5) is 12.0. The van der Waals surface area contributed by atoms with Gasteiger partial charge in [-0.15, -0.1) is 0 Å². The van der Waals surface area contributed by atoms with Gasteiger partial charge in [-0.25, -0.2) is 0 Å². The SMILES string of the molecule is CCCC1CCC2C(C1)C(C#N)CC(C(=O)O)C2C1CCCCC1. The van der Waals surface area contributed by atoms with Gasteiger partial charge in [0.1, 0.15) is 0 Å². The Morgan fingerprint density at radius 1 is 1.08 bits per heavy atom. The monoisotopic (exact) mass is 331 g/mol. The van der Waals surface area contributed by atoms with Crippen LogP contribution in [0.2, 0.25) is 0 Å². The molecule has 0 aromatic heterocycles. The molecule has 0 aromatic carbocycles. The predicted molar refractivity (Wildman–Crippen MR) is 94.1 cm³/mol. The largest absolute Gasteiger partial charge is 0.481 e. The maximum Gasteiger partial charge on any atom is 0.306 e. The Labute approximate surface area is 146 Å². The third-order valence-electron chi connectivity index (χ3n) is 7.42. The van der Waals surface area contributed by atoms with Crippen molar-refractivity contribution in [3.63, 3.8) is 0 Å². The second-order valence-corrected chi connectivity index (χ2v) is 8.69. The van der Waals surface area contributed by atoms with Gasteiger partial charge in [-0.05, 0) is 48.9 Å². The molecule has 1 N–H and O–H groups in total. The Kier molecular flexibility index (Phi) is 5.85. The van der Waals surface area contributed by atoms with Gasteiger partial charge in [-0.3, -0.25) is 4.79 Å². The topological polar surface area (TPSA) is 61.1 Å². The number of carboxylic acids is 1. The molecule has 3 fully saturated rings. The number of nitriles is 1. The van der Waals surface area contributed by atoms with Crippen molar-refractivity contribution in [1.29, 1.82) is 5.26 Å². The molecule has 3 nitrogen and oxygen atoms in total.